The summed E-state index contributed by atoms with van der Waals surface area (Å²) in [5, 5.41) is 3.00. The number of benzene rings is 1. The van der Waals surface area contributed by atoms with Gasteiger partial charge in [0.1, 0.15) is 11.4 Å². The highest BCUT2D eigenvalue weighted by Gasteiger charge is 2.29. The minimum Gasteiger partial charge on any atom is -0.609 e. The maximum Gasteiger partial charge on any atom is 0.345 e. The van der Waals surface area contributed by atoms with Crippen molar-refractivity contribution in [3.8, 4) is 0 Å². The standard InChI is InChI=1S/C20H26N6O2S/c1-2-29(28)19-22-16-13-26(20(27)23-17(16)18(21)24-19)12-15-7-5-6-14(10-15)11-25-8-3-4-9-25/h5-7,10H,2-4,8-9,11-13H2,1H3,(H,23,27)(H2,21,22,24). The van der Waals surface area contributed by atoms with Crippen LogP contribution in [0.15, 0.2) is 29.4 Å². The van der Waals surface area contributed by atoms with Crippen LogP contribution in [0.4, 0.5) is 16.3 Å². The fraction of sp³-hybridized carbons (Fsp3) is 0.450. The quantitative estimate of drug-likeness (QED) is 0.554. The van der Waals surface area contributed by atoms with E-state index in [4.69, 9.17) is 5.73 Å². The number of hydrogen-bond acceptors (Lipinski definition) is 6. The molecule has 1 aromatic heterocycles. The van der Waals surface area contributed by atoms with Crippen molar-refractivity contribution in [2.45, 2.75) is 44.6 Å². The van der Waals surface area contributed by atoms with E-state index in [1.54, 1.807) is 11.8 Å². The lowest BCUT2D eigenvalue weighted by Crippen LogP contribution is -2.39. The monoisotopic (exact) mass is 414 g/mol. The number of carbonyl (C=O) groups excluding carboxylic acids is 1. The summed E-state index contributed by atoms with van der Waals surface area (Å²) in [5.41, 5.74) is 9.32. The molecule has 2 aliphatic rings. The van der Waals surface area contributed by atoms with Crippen LogP contribution in [0, 0.1) is 0 Å². The second kappa shape index (κ2) is 8.56. The van der Waals surface area contributed by atoms with Crippen molar-refractivity contribution in [3.63, 3.8) is 0 Å². The first-order chi connectivity index (χ1) is 14.0. The van der Waals surface area contributed by atoms with E-state index in [0.29, 0.717) is 30.2 Å². The first kappa shape index (κ1) is 19.9. The Bertz CT molecular complexity index is 903. The van der Waals surface area contributed by atoms with Crippen LogP contribution in [0.1, 0.15) is 36.6 Å². The summed E-state index contributed by atoms with van der Waals surface area (Å²) in [5.74, 6) is 0.574. The average Bonchev–Trinajstić information content (AvgIpc) is 3.22. The van der Waals surface area contributed by atoms with Crippen LogP contribution in [0.2, 0.25) is 0 Å². The van der Waals surface area contributed by atoms with E-state index in [9.17, 15) is 9.35 Å². The molecular formula is C20H26N6O2S. The number of fused-ring (bicyclic) bond motifs is 1. The second-order valence-electron chi connectivity index (χ2n) is 7.44. The van der Waals surface area contributed by atoms with Crippen LogP contribution >= 0.6 is 0 Å². The fourth-order valence-electron chi connectivity index (χ4n) is 3.80. The number of nitrogens with zero attached hydrogens (tertiary/aromatic N) is 4. The molecule has 3 heterocycles. The molecule has 8 nitrogen and oxygen atoms in total. The van der Waals surface area contributed by atoms with Crippen molar-refractivity contribution in [2.24, 2.45) is 0 Å². The summed E-state index contributed by atoms with van der Waals surface area (Å²) in [4.78, 5) is 25.2. The van der Waals surface area contributed by atoms with E-state index in [2.05, 4.69) is 32.3 Å². The van der Waals surface area contributed by atoms with E-state index >= 15 is 0 Å². The summed E-state index contributed by atoms with van der Waals surface area (Å²) in [7, 11) is 0. The van der Waals surface area contributed by atoms with Gasteiger partial charge in [-0.05, 0) is 44.0 Å². The van der Waals surface area contributed by atoms with Crippen molar-refractivity contribution in [3.05, 3.63) is 41.1 Å². The Kier molecular flexibility index (Phi) is 5.89. The Balaban J connectivity index is 1.50. The highest BCUT2D eigenvalue weighted by Crippen LogP contribution is 2.28. The van der Waals surface area contributed by atoms with E-state index < -0.39 is 11.2 Å². The summed E-state index contributed by atoms with van der Waals surface area (Å²) in [6.07, 6.45) is 2.53. The van der Waals surface area contributed by atoms with Crippen molar-refractivity contribution in [2.75, 3.05) is 29.9 Å². The number of hydrogen-bond donors (Lipinski definition) is 2. The number of nitrogen functional groups attached to an aromatic ring is 1. The van der Waals surface area contributed by atoms with Gasteiger partial charge in [0.25, 0.3) is 0 Å². The topological polar surface area (TPSA) is 110 Å². The maximum absolute atomic E-state index is 12.6. The Hall–Kier alpha value is -2.36. The number of carbonyl (C=O) groups is 1. The lowest BCUT2D eigenvalue weighted by atomic mass is 10.1. The zero-order valence-corrected chi connectivity index (χ0v) is 17.4. The molecule has 0 spiro atoms. The molecule has 0 radical (unpaired) electrons. The minimum absolute atomic E-state index is 0.160. The number of rotatable bonds is 6. The van der Waals surface area contributed by atoms with E-state index in [1.807, 2.05) is 12.1 Å². The van der Waals surface area contributed by atoms with Gasteiger partial charge in [-0.15, -0.1) is 0 Å². The molecule has 0 saturated carbocycles. The Morgan fingerprint density at radius 3 is 2.66 bits per heavy atom. The Morgan fingerprint density at radius 1 is 1.21 bits per heavy atom. The Labute approximate surface area is 173 Å². The van der Waals surface area contributed by atoms with Crippen LogP contribution in [0.25, 0.3) is 0 Å². The van der Waals surface area contributed by atoms with Crippen molar-refractivity contribution < 1.29 is 9.35 Å². The zero-order valence-electron chi connectivity index (χ0n) is 16.6. The normalized spacial score (nSPS) is 17.9. The highest BCUT2D eigenvalue weighted by atomic mass is 32.2. The molecule has 9 heteroatoms. The number of amides is 2. The molecule has 1 atom stereocenters. The molecule has 0 aliphatic carbocycles. The molecule has 0 bridgehead atoms. The average molecular weight is 415 g/mol. The SMILES string of the molecule is CC[S+]([O-])c1nc(N)c2c(n1)CN(Cc1cccc(CN3CCCC3)c1)C(=O)N2. The van der Waals surface area contributed by atoms with Gasteiger partial charge >= 0.3 is 11.2 Å². The first-order valence-electron chi connectivity index (χ1n) is 9.94. The smallest absolute Gasteiger partial charge is 0.345 e. The molecule has 1 fully saturated rings. The van der Waals surface area contributed by atoms with Crippen molar-refractivity contribution in [1.29, 1.82) is 0 Å². The number of nitrogens with one attached hydrogen (secondary N) is 1. The molecule has 4 rings (SSSR count). The number of urea groups is 1. The van der Waals surface area contributed by atoms with E-state index in [1.165, 1.54) is 18.4 Å². The van der Waals surface area contributed by atoms with Gasteiger partial charge in [0, 0.05) is 24.3 Å². The largest absolute Gasteiger partial charge is 0.609 e. The van der Waals surface area contributed by atoms with Crippen LogP contribution in [-0.4, -0.2) is 49.2 Å². The summed E-state index contributed by atoms with van der Waals surface area (Å²) < 4.78 is 12.1. The number of aromatic nitrogens is 2. The van der Waals surface area contributed by atoms with Crippen molar-refractivity contribution >= 4 is 28.7 Å². The molecule has 1 saturated heterocycles. The molecule has 154 valence electrons. The van der Waals surface area contributed by atoms with Gasteiger partial charge in [-0.1, -0.05) is 24.3 Å². The summed E-state index contributed by atoms with van der Waals surface area (Å²) in [6, 6.07) is 8.13. The van der Waals surface area contributed by atoms with Gasteiger partial charge < -0.3 is 20.5 Å². The highest BCUT2D eigenvalue weighted by molar-refractivity contribution is 7.91. The predicted octanol–water partition coefficient (Wildman–Crippen LogP) is 2.33. The molecule has 1 unspecified atom stereocenters. The molecule has 2 amide bonds. The molecule has 2 aliphatic heterocycles. The number of nitrogens with two attached hydrogens (primary N) is 1. The number of likely N-dealkylation sites (tertiary alicyclic amines) is 1. The van der Waals surface area contributed by atoms with E-state index in [0.717, 1.165) is 25.2 Å². The first-order valence-corrected chi connectivity index (χ1v) is 11.3. The third kappa shape index (κ3) is 4.47. The van der Waals surface area contributed by atoms with Gasteiger partial charge in [-0.25, -0.2) is 4.79 Å². The van der Waals surface area contributed by atoms with Gasteiger partial charge in [0.05, 0.1) is 12.2 Å². The molecule has 2 aromatic rings. The molecule has 29 heavy (non-hydrogen) atoms. The lowest BCUT2D eigenvalue weighted by molar-refractivity contribution is 0.202. The van der Waals surface area contributed by atoms with E-state index in [-0.39, 0.29) is 17.0 Å². The lowest BCUT2D eigenvalue weighted by Gasteiger charge is -2.29. The third-order valence-corrected chi connectivity index (χ3v) is 6.40. The zero-order chi connectivity index (χ0) is 20.4. The van der Waals surface area contributed by atoms with Crippen LogP contribution in [0.5, 0.6) is 0 Å². The number of anilines is 2. The summed E-state index contributed by atoms with van der Waals surface area (Å²) in [6.45, 7) is 5.82. The predicted molar refractivity (Wildman–Crippen MR) is 113 cm³/mol. The van der Waals surface area contributed by atoms with Gasteiger partial charge in [0.2, 0.25) is 0 Å². The van der Waals surface area contributed by atoms with Gasteiger partial charge in [0.15, 0.2) is 5.82 Å². The fourth-order valence-corrected chi connectivity index (χ4v) is 4.47. The van der Waals surface area contributed by atoms with Crippen LogP contribution in [-0.2, 0) is 30.8 Å². The third-order valence-electron chi connectivity index (χ3n) is 5.29. The minimum atomic E-state index is -1.30. The summed E-state index contributed by atoms with van der Waals surface area (Å²) >= 11 is -1.30. The van der Waals surface area contributed by atoms with Crippen LogP contribution < -0.4 is 11.1 Å². The Morgan fingerprint density at radius 2 is 1.93 bits per heavy atom. The molecule has 3 N–H and O–H groups in total. The second-order valence-corrected chi connectivity index (χ2v) is 9.07. The van der Waals surface area contributed by atoms with Crippen LogP contribution in [0.3, 0.4) is 0 Å². The van der Waals surface area contributed by atoms with Gasteiger partial charge in [-0.2, -0.15) is 9.97 Å². The maximum atomic E-state index is 12.6. The van der Waals surface area contributed by atoms with Crippen molar-refractivity contribution in [1.82, 2.24) is 19.8 Å². The molecular weight excluding hydrogens is 388 g/mol. The van der Waals surface area contributed by atoms with Gasteiger partial charge in [-0.3, -0.25) is 4.90 Å². The molecule has 1 aromatic carbocycles.